The monoisotopic (exact) mass is 278 g/mol. The van der Waals surface area contributed by atoms with E-state index < -0.39 is 11.5 Å². The molecule has 0 aliphatic carbocycles. The van der Waals surface area contributed by atoms with Gasteiger partial charge in [-0.3, -0.25) is 4.79 Å². The third-order valence-electron chi connectivity index (χ3n) is 3.82. The van der Waals surface area contributed by atoms with Crippen LogP contribution in [0.3, 0.4) is 0 Å². The Balaban J connectivity index is 3.03. The number of esters is 1. The summed E-state index contributed by atoms with van der Waals surface area (Å²) in [6.45, 7) is 9.93. The zero-order chi connectivity index (χ0) is 15.3. The maximum Gasteiger partial charge on any atom is 0.312 e. The molecule has 0 fully saturated rings. The van der Waals surface area contributed by atoms with E-state index in [0.29, 0.717) is 18.9 Å². The Kier molecular flexibility index (Phi) is 5.75. The fraction of sp³-hybridized carbons (Fsp3) is 0.588. The molecule has 0 spiro atoms. The molecule has 1 aromatic carbocycles. The predicted molar refractivity (Wildman–Crippen MR) is 80.5 cm³/mol. The van der Waals surface area contributed by atoms with E-state index in [-0.39, 0.29) is 5.97 Å². The lowest BCUT2D eigenvalue weighted by atomic mass is 9.80. The second-order valence-corrected chi connectivity index (χ2v) is 5.64. The summed E-state index contributed by atoms with van der Waals surface area (Å²) in [6, 6.07) is 7.81. The normalized spacial score (nSPS) is 15.8. The quantitative estimate of drug-likeness (QED) is 0.809. The van der Waals surface area contributed by atoms with Crippen LogP contribution in [0.1, 0.15) is 58.1 Å². The van der Waals surface area contributed by atoms with E-state index in [1.807, 2.05) is 31.2 Å². The first-order chi connectivity index (χ1) is 9.34. The van der Waals surface area contributed by atoms with Crippen LogP contribution < -0.4 is 0 Å². The predicted octanol–water partition coefficient (Wildman–Crippen LogP) is 3.61. The zero-order valence-corrected chi connectivity index (χ0v) is 13.1. The minimum absolute atomic E-state index is 0.331. The molecule has 0 bridgehead atoms. The number of rotatable bonds is 6. The van der Waals surface area contributed by atoms with Crippen LogP contribution in [0.4, 0.5) is 0 Å². The Morgan fingerprint density at radius 3 is 2.20 bits per heavy atom. The van der Waals surface area contributed by atoms with Gasteiger partial charge in [0.2, 0.25) is 0 Å². The van der Waals surface area contributed by atoms with E-state index in [1.165, 1.54) is 5.56 Å². The van der Waals surface area contributed by atoms with Gasteiger partial charge in [-0.1, -0.05) is 45.0 Å². The molecule has 3 heteroatoms. The summed E-state index contributed by atoms with van der Waals surface area (Å²) >= 11 is 0. The second kappa shape index (κ2) is 6.89. The SMILES string of the molecule is CCOC(=O)C(CC)C(C)(O)c1ccc(C(C)C)cc1. The van der Waals surface area contributed by atoms with Gasteiger partial charge in [-0.2, -0.15) is 0 Å². The van der Waals surface area contributed by atoms with Gasteiger partial charge in [0, 0.05) is 0 Å². The van der Waals surface area contributed by atoms with Crippen molar-refractivity contribution in [2.45, 2.75) is 52.6 Å². The molecule has 1 rings (SSSR count). The molecule has 1 aromatic rings. The van der Waals surface area contributed by atoms with Gasteiger partial charge in [0.15, 0.2) is 0 Å². The van der Waals surface area contributed by atoms with E-state index in [4.69, 9.17) is 4.74 Å². The van der Waals surface area contributed by atoms with Crippen LogP contribution >= 0.6 is 0 Å². The van der Waals surface area contributed by atoms with Crippen molar-refractivity contribution < 1.29 is 14.6 Å². The largest absolute Gasteiger partial charge is 0.466 e. The van der Waals surface area contributed by atoms with E-state index >= 15 is 0 Å². The number of ether oxygens (including phenoxy) is 1. The molecule has 0 aromatic heterocycles. The molecule has 0 amide bonds. The van der Waals surface area contributed by atoms with Gasteiger partial charge in [-0.05, 0) is 37.3 Å². The van der Waals surface area contributed by atoms with Crippen molar-refractivity contribution in [1.29, 1.82) is 0 Å². The lowest BCUT2D eigenvalue weighted by Gasteiger charge is -2.31. The molecular weight excluding hydrogens is 252 g/mol. The molecule has 2 unspecified atom stereocenters. The topological polar surface area (TPSA) is 46.5 Å². The zero-order valence-electron chi connectivity index (χ0n) is 13.1. The van der Waals surface area contributed by atoms with Gasteiger partial charge in [0.05, 0.1) is 12.5 Å². The van der Waals surface area contributed by atoms with Crippen molar-refractivity contribution in [3.8, 4) is 0 Å². The highest BCUT2D eigenvalue weighted by molar-refractivity contribution is 5.74. The molecule has 2 atom stereocenters. The second-order valence-electron chi connectivity index (χ2n) is 5.64. The van der Waals surface area contributed by atoms with Crippen molar-refractivity contribution >= 4 is 5.97 Å². The number of hydrogen-bond acceptors (Lipinski definition) is 3. The Bertz CT molecular complexity index is 432. The summed E-state index contributed by atoms with van der Waals surface area (Å²) in [5.74, 6) is -0.443. The maximum atomic E-state index is 12.0. The lowest BCUT2D eigenvalue weighted by Crippen LogP contribution is -2.38. The van der Waals surface area contributed by atoms with Crippen molar-refractivity contribution in [1.82, 2.24) is 0 Å². The van der Waals surface area contributed by atoms with E-state index in [0.717, 1.165) is 5.56 Å². The molecule has 0 radical (unpaired) electrons. The third kappa shape index (κ3) is 3.60. The van der Waals surface area contributed by atoms with Crippen molar-refractivity contribution in [2.75, 3.05) is 6.61 Å². The van der Waals surface area contributed by atoms with E-state index in [1.54, 1.807) is 13.8 Å². The Labute approximate surface area is 122 Å². The van der Waals surface area contributed by atoms with Crippen LogP contribution in [-0.2, 0) is 15.1 Å². The summed E-state index contributed by atoms with van der Waals surface area (Å²) < 4.78 is 5.07. The number of aliphatic hydroxyl groups is 1. The smallest absolute Gasteiger partial charge is 0.312 e. The average molecular weight is 278 g/mol. The van der Waals surface area contributed by atoms with Crippen LogP contribution in [0.5, 0.6) is 0 Å². The summed E-state index contributed by atoms with van der Waals surface area (Å²) in [6.07, 6.45) is 0.539. The fourth-order valence-corrected chi connectivity index (χ4v) is 2.44. The third-order valence-corrected chi connectivity index (χ3v) is 3.82. The van der Waals surface area contributed by atoms with Gasteiger partial charge in [-0.15, -0.1) is 0 Å². The molecule has 0 saturated heterocycles. The number of hydrogen-bond donors (Lipinski definition) is 1. The molecular formula is C17H26O3. The minimum Gasteiger partial charge on any atom is -0.466 e. The molecule has 3 nitrogen and oxygen atoms in total. The summed E-state index contributed by atoms with van der Waals surface area (Å²) in [5.41, 5.74) is 0.756. The summed E-state index contributed by atoms with van der Waals surface area (Å²) in [7, 11) is 0. The number of benzene rings is 1. The Morgan fingerprint density at radius 2 is 1.80 bits per heavy atom. The van der Waals surface area contributed by atoms with Gasteiger partial charge in [0.25, 0.3) is 0 Å². The first-order valence-corrected chi connectivity index (χ1v) is 7.34. The molecule has 0 heterocycles. The Hall–Kier alpha value is -1.35. The Morgan fingerprint density at radius 1 is 1.25 bits per heavy atom. The van der Waals surface area contributed by atoms with Gasteiger partial charge < -0.3 is 9.84 Å². The van der Waals surface area contributed by atoms with Crippen molar-refractivity contribution in [3.05, 3.63) is 35.4 Å². The molecule has 0 saturated carbocycles. The maximum absolute atomic E-state index is 12.0. The highest BCUT2D eigenvalue weighted by Crippen LogP contribution is 2.33. The van der Waals surface area contributed by atoms with Gasteiger partial charge in [0.1, 0.15) is 5.60 Å². The van der Waals surface area contributed by atoms with Crippen molar-refractivity contribution in [2.24, 2.45) is 5.92 Å². The number of carbonyl (C=O) groups excluding carboxylic acids is 1. The first-order valence-electron chi connectivity index (χ1n) is 7.34. The fourth-order valence-electron chi connectivity index (χ4n) is 2.44. The van der Waals surface area contributed by atoms with Gasteiger partial charge >= 0.3 is 5.97 Å². The van der Waals surface area contributed by atoms with Gasteiger partial charge in [-0.25, -0.2) is 0 Å². The van der Waals surface area contributed by atoms with Crippen LogP contribution in [0.15, 0.2) is 24.3 Å². The average Bonchev–Trinajstić information content (AvgIpc) is 2.39. The molecule has 0 aliphatic rings. The summed E-state index contributed by atoms with van der Waals surface area (Å²) in [4.78, 5) is 12.0. The van der Waals surface area contributed by atoms with Crippen LogP contribution in [-0.4, -0.2) is 17.7 Å². The molecule has 112 valence electrons. The minimum atomic E-state index is -1.21. The van der Waals surface area contributed by atoms with Crippen LogP contribution in [0.25, 0.3) is 0 Å². The molecule has 20 heavy (non-hydrogen) atoms. The van der Waals surface area contributed by atoms with Crippen LogP contribution in [0, 0.1) is 5.92 Å². The van der Waals surface area contributed by atoms with E-state index in [2.05, 4.69) is 13.8 Å². The highest BCUT2D eigenvalue weighted by Gasteiger charge is 2.38. The summed E-state index contributed by atoms with van der Waals surface area (Å²) in [5, 5.41) is 10.8. The molecule has 0 aliphatic heterocycles. The first kappa shape index (κ1) is 16.7. The lowest BCUT2D eigenvalue weighted by molar-refractivity contribution is -0.158. The van der Waals surface area contributed by atoms with Crippen LogP contribution in [0.2, 0.25) is 0 Å². The number of carbonyl (C=O) groups is 1. The van der Waals surface area contributed by atoms with E-state index in [9.17, 15) is 9.90 Å². The van der Waals surface area contributed by atoms with Crippen molar-refractivity contribution in [3.63, 3.8) is 0 Å². The highest BCUT2D eigenvalue weighted by atomic mass is 16.5. The molecule has 1 N–H and O–H groups in total. The standard InChI is InChI=1S/C17H26O3/c1-6-15(16(18)20-7-2)17(5,19)14-10-8-13(9-11-14)12(3)4/h8-12,15,19H,6-7H2,1-5H3.